The van der Waals surface area contributed by atoms with Crippen molar-refractivity contribution in [3.63, 3.8) is 0 Å². The third-order valence-electron chi connectivity index (χ3n) is 3.48. The van der Waals surface area contributed by atoms with Crippen molar-refractivity contribution in [2.75, 3.05) is 7.05 Å². The van der Waals surface area contributed by atoms with Gasteiger partial charge in [-0.3, -0.25) is 0 Å². The lowest BCUT2D eigenvalue weighted by molar-refractivity contribution is 0.389. The molecule has 1 atom stereocenters. The lowest BCUT2D eigenvalue weighted by Gasteiger charge is -2.24. The molecule has 0 amide bonds. The lowest BCUT2D eigenvalue weighted by atomic mass is 9.92. The van der Waals surface area contributed by atoms with E-state index in [1.807, 2.05) is 0 Å². The zero-order valence-electron chi connectivity index (χ0n) is 9.47. The molecule has 0 radical (unpaired) electrons. The summed E-state index contributed by atoms with van der Waals surface area (Å²) in [6, 6.07) is 6.96. The summed E-state index contributed by atoms with van der Waals surface area (Å²) < 4.78 is 2.33. The number of halogens is 2. The van der Waals surface area contributed by atoms with Crippen molar-refractivity contribution >= 4 is 31.9 Å². The van der Waals surface area contributed by atoms with Gasteiger partial charge in [0.1, 0.15) is 0 Å². The molecule has 0 bridgehead atoms. The fourth-order valence-corrected chi connectivity index (χ4v) is 3.98. The Kier molecular flexibility index (Phi) is 4.45. The lowest BCUT2D eigenvalue weighted by Crippen LogP contribution is -2.23. The molecule has 1 aliphatic rings. The van der Waals surface area contributed by atoms with Crippen molar-refractivity contribution in [3.8, 4) is 0 Å². The smallest absolute Gasteiger partial charge is 0.0357 e. The molecule has 3 heteroatoms. The molecule has 1 saturated carbocycles. The minimum atomic E-state index is 0.491. The first-order valence-electron chi connectivity index (χ1n) is 5.84. The number of hydrogen-bond acceptors (Lipinski definition) is 1. The molecule has 1 N–H and O–H groups in total. The SMILES string of the molecule is CNC(c1ccc(Br)cc1Br)C1CCCC1. The zero-order chi connectivity index (χ0) is 11.5. The Hall–Kier alpha value is 0.140. The summed E-state index contributed by atoms with van der Waals surface area (Å²) in [5, 5.41) is 3.48. The van der Waals surface area contributed by atoms with Crippen molar-refractivity contribution < 1.29 is 0 Å². The van der Waals surface area contributed by atoms with Crippen LogP contribution in [0, 0.1) is 5.92 Å². The highest BCUT2D eigenvalue weighted by Crippen LogP contribution is 2.38. The molecule has 0 aliphatic heterocycles. The van der Waals surface area contributed by atoms with Crippen LogP contribution in [0.1, 0.15) is 37.3 Å². The van der Waals surface area contributed by atoms with E-state index in [0.29, 0.717) is 6.04 Å². The second-order valence-electron chi connectivity index (χ2n) is 4.48. The number of nitrogens with one attached hydrogen (secondary N) is 1. The van der Waals surface area contributed by atoms with E-state index >= 15 is 0 Å². The molecule has 0 saturated heterocycles. The highest BCUT2D eigenvalue weighted by Gasteiger charge is 2.26. The van der Waals surface area contributed by atoms with Crippen LogP contribution in [0.2, 0.25) is 0 Å². The third-order valence-corrected chi connectivity index (χ3v) is 4.66. The van der Waals surface area contributed by atoms with Gasteiger partial charge in [-0.15, -0.1) is 0 Å². The summed E-state index contributed by atoms with van der Waals surface area (Å²) in [7, 11) is 2.07. The second-order valence-corrected chi connectivity index (χ2v) is 6.25. The molecule has 0 spiro atoms. The molecule has 1 unspecified atom stereocenters. The molecule has 1 nitrogen and oxygen atoms in total. The van der Waals surface area contributed by atoms with Gasteiger partial charge in [-0.1, -0.05) is 50.8 Å². The highest BCUT2D eigenvalue weighted by molar-refractivity contribution is 9.11. The molecular weight excluding hydrogens is 330 g/mol. The fourth-order valence-electron chi connectivity index (χ4n) is 2.69. The average Bonchev–Trinajstić information content (AvgIpc) is 2.75. The van der Waals surface area contributed by atoms with Gasteiger partial charge in [0.2, 0.25) is 0 Å². The molecule has 0 heterocycles. The van der Waals surface area contributed by atoms with Gasteiger partial charge in [0.15, 0.2) is 0 Å². The van der Waals surface area contributed by atoms with Crippen LogP contribution in [-0.4, -0.2) is 7.05 Å². The van der Waals surface area contributed by atoms with E-state index in [2.05, 4.69) is 62.4 Å². The van der Waals surface area contributed by atoms with Crippen LogP contribution in [-0.2, 0) is 0 Å². The predicted molar refractivity (Wildman–Crippen MR) is 75.6 cm³/mol. The van der Waals surface area contributed by atoms with Gasteiger partial charge < -0.3 is 5.32 Å². The first-order chi connectivity index (χ1) is 7.72. The van der Waals surface area contributed by atoms with Gasteiger partial charge in [0, 0.05) is 15.0 Å². The Bertz CT molecular complexity index is 359. The normalized spacial score (nSPS) is 18.9. The first kappa shape index (κ1) is 12.6. The molecular formula is C13H17Br2N. The summed E-state index contributed by atoms with van der Waals surface area (Å²) in [5.74, 6) is 0.794. The Labute approximate surface area is 114 Å². The zero-order valence-corrected chi connectivity index (χ0v) is 12.6. The third kappa shape index (κ3) is 2.69. The Morgan fingerprint density at radius 2 is 1.94 bits per heavy atom. The van der Waals surface area contributed by atoms with Crippen LogP contribution < -0.4 is 5.32 Å². The van der Waals surface area contributed by atoms with Crippen LogP contribution >= 0.6 is 31.9 Å². The number of benzene rings is 1. The van der Waals surface area contributed by atoms with Gasteiger partial charge >= 0.3 is 0 Å². The fraction of sp³-hybridized carbons (Fsp3) is 0.538. The summed E-state index contributed by atoms with van der Waals surface area (Å²) in [6.45, 7) is 0. The summed E-state index contributed by atoms with van der Waals surface area (Å²) in [4.78, 5) is 0. The topological polar surface area (TPSA) is 12.0 Å². The van der Waals surface area contributed by atoms with E-state index in [-0.39, 0.29) is 0 Å². The van der Waals surface area contributed by atoms with Crippen LogP contribution in [0.3, 0.4) is 0 Å². The van der Waals surface area contributed by atoms with E-state index in [1.54, 1.807) is 0 Å². The standard InChI is InChI=1S/C13H17Br2N/c1-16-13(9-4-2-3-5-9)11-7-6-10(14)8-12(11)15/h6-9,13,16H,2-5H2,1H3. The van der Waals surface area contributed by atoms with Crippen LogP contribution in [0.4, 0.5) is 0 Å². The van der Waals surface area contributed by atoms with Gasteiger partial charge in [-0.05, 0) is 43.5 Å². The number of hydrogen-bond donors (Lipinski definition) is 1. The Balaban J connectivity index is 2.25. The van der Waals surface area contributed by atoms with Crippen molar-refractivity contribution in [1.82, 2.24) is 5.32 Å². The minimum absolute atomic E-state index is 0.491. The second kappa shape index (κ2) is 5.65. The Morgan fingerprint density at radius 3 is 2.50 bits per heavy atom. The average molecular weight is 347 g/mol. The van der Waals surface area contributed by atoms with E-state index in [4.69, 9.17) is 0 Å². The molecule has 2 rings (SSSR count). The molecule has 16 heavy (non-hydrogen) atoms. The molecule has 88 valence electrons. The first-order valence-corrected chi connectivity index (χ1v) is 7.43. The highest BCUT2D eigenvalue weighted by atomic mass is 79.9. The summed E-state index contributed by atoms with van der Waals surface area (Å²) in [6.07, 6.45) is 5.48. The van der Waals surface area contributed by atoms with E-state index in [9.17, 15) is 0 Å². The van der Waals surface area contributed by atoms with Crippen LogP contribution in [0.25, 0.3) is 0 Å². The predicted octanol–water partition coefficient (Wildman–Crippen LogP) is 4.66. The number of rotatable bonds is 3. The van der Waals surface area contributed by atoms with Crippen molar-refractivity contribution in [1.29, 1.82) is 0 Å². The van der Waals surface area contributed by atoms with Gasteiger partial charge in [-0.2, -0.15) is 0 Å². The maximum Gasteiger partial charge on any atom is 0.0357 e. The molecule has 1 fully saturated rings. The minimum Gasteiger partial charge on any atom is -0.313 e. The van der Waals surface area contributed by atoms with Gasteiger partial charge in [0.25, 0.3) is 0 Å². The molecule has 1 aromatic carbocycles. The largest absolute Gasteiger partial charge is 0.313 e. The molecule has 0 aromatic heterocycles. The van der Waals surface area contributed by atoms with E-state index in [1.165, 1.54) is 35.7 Å². The quantitative estimate of drug-likeness (QED) is 0.839. The molecule has 1 aromatic rings. The van der Waals surface area contributed by atoms with E-state index in [0.717, 1.165) is 10.4 Å². The Morgan fingerprint density at radius 1 is 1.25 bits per heavy atom. The molecule has 1 aliphatic carbocycles. The maximum atomic E-state index is 3.67. The van der Waals surface area contributed by atoms with Crippen LogP contribution in [0.5, 0.6) is 0 Å². The van der Waals surface area contributed by atoms with Gasteiger partial charge in [0.05, 0.1) is 0 Å². The van der Waals surface area contributed by atoms with Crippen molar-refractivity contribution in [2.24, 2.45) is 5.92 Å². The monoisotopic (exact) mass is 345 g/mol. The van der Waals surface area contributed by atoms with Crippen LogP contribution in [0.15, 0.2) is 27.1 Å². The maximum absolute atomic E-state index is 3.67. The summed E-state index contributed by atoms with van der Waals surface area (Å²) in [5.41, 5.74) is 1.39. The van der Waals surface area contributed by atoms with Crippen molar-refractivity contribution in [3.05, 3.63) is 32.7 Å². The van der Waals surface area contributed by atoms with Crippen molar-refractivity contribution in [2.45, 2.75) is 31.7 Å². The van der Waals surface area contributed by atoms with Gasteiger partial charge in [-0.25, -0.2) is 0 Å². The van der Waals surface area contributed by atoms with E-state index < -0.39 is 0 Å². The summed E-state index contributed by atoms with van der Waals surface area (Å²) >= 11 is 7.17.